The first kappa shape index (κ1) is 21.6. The van der Waals surface area contributed by atoms with Crippen LogP contribution in [0.5, 0.6) is 5.75 Å². The largest absolute Gasteiger partial charge is 0.496 e. The highest BCUT2D eigenvalue weighted by atomic mass is 16.5. The van der Waals surface area contributed by atoms with Gasteiger partial charge in [-0.1, -0.05) is 30.3 Å². The molecule has 0 bridgehead atoms. The number of ether oxygens (including phenoxy) is 2. The molecule has 1 aliphatic rings. The molecule has 6 nitrogen and oxygen atoms in total. The lowest BCUT2D eigenvalue weighted by Crippen LogP contribution is -2.39. The number of rotatable bonds is 7. The summed E-state index contributed by atoms with van der Waals surface area (Å²) in [5.41, 5.74) is 3.08. The lowest BCUT2D eigenvalue weighted by atomic mass is 10.0. The molecule has 3 heterocycles. The fourth-order valence-corrected chi connectivity index (χ4v) is 4.53. The Labute approximate surface area is 194 Å². The van der Waals surface area contributed by atoms with E-state index in [4.69, 9.17) is 18.9 Å². The zero-order valence-electron chi connectivity index (χ0n) is 19.2. The van der Waals surface area contributed by atoms with Crippen molar-refractivity contribution in [3.8, 4) is 17.2 Å². The van der Waals surface area contributed by atoms with Crippen LogP contribution in [-0.4, -0.2) is 41.2 Å². The quantitative estimate of drug-likeness (QED) is 0.382. The van der Waals surface area contributed by atoms with Crippen molar-refractivity contribution < 1.29 is 13.9 Å². The van der Waals surface area contributed by atoms with Gasteiger partial charge < -0.3 is 13.9 Å². The Balaban J connectivity index is 1.30. The maximum Gasteiger partial charge on any atom is 0.227 e. The Morgan fingerprint density at radius 3 is 2.79 bits per heavy atom. The molecule has 1 atom stereocenters. The second kappa shape index (κ2) is 9.73. The molecule has 4 aromatic rings. The molecule has 0 spiro atoms. The molecular weight excluding hydrogens is 414 g/mol. The Morgan fingerprint density at radius 1 is 1.09 bits per heavy atom. The van der Waals surface area contributed by atoms with E-state index in [2.05, 4.69) is 28.1 Å². The van der Waals surface area contributed by atoms with E-state index in [1.54, 1.807) is 13.3 Å². The first-order valence-corrected chi connectivity index (χ1v) is 11.5. The van der Waals surface area contributed by atoms with E-state index in [-0.39, 0.29) is 6.10 Å². The number of hydrogen-bond donors (Lipinski definition) is 0. The van der Waals surface area contributed by atoms with Crippen molar-refractivity contribution in [1.82, 2.24) is 14.9 Å². The minimum absolute atomic E-state index is 0.219. The summed E-state index contributed by atoms with van der Waals surface area (Å²) in [5.74, 6) is 2.37. The Morgan fingerprint density at radius 2 is 1.97 bits per heavy atom. The second-order valence-electron chi connectivity index (χ2n) is 8.55. The standard InChI is InChI=1S/C27H29N3O3/c1-19-25(17-30-14-6-8-21(16-30)32-18-20-7-5-13-28-15-20)29-27(33-19)24-11-12-26(31-2)23-10-4-3-9-22(23)24/h3-5,7,9-13,15,21H,6,8,14,16-18H2,1-2H3. The molecule has 1 fully saturated rings. The summed E-state index contributed by atoms with van der Waals surface area (Å²) < 4.78 is 17.8. The van der Waals surface area contributed by atoms with E-state index in [0.717, 1.165) is 71.6 Å². The van der Waals surface area contributed by atoms with Gasteiger partial charge in [0.1, 0.15) is 11.5 Å². The molecule has 2 aromatic heterocycles. The van der Waals surface area contributed by atoms with Crippen LogP contribution in [0.25, 0.3) is 22.2 Å². The van der Waals surface area contributed by atoms with E-state index in [9.17, 15) is 0 Å². The zero-order valence-corrected chi connectivity index (χ0v) is 19.2. The molecule has 1 unspecified atom stereocenters. The third kappa shape index (κ3) is 4.77. The van der Waals surface area contributed by atoms with Crippen molar-refractivity contribution in [2.75, 3.05) is 20.2 Å². The summed E-state index contributed by atoms with van der Waals surface area (Å²) in [4.78, 5) is 11.5. The van der Waals surface area contributed by atoms with Crippen molar-refractivity contribution in [3.05, 3.63) is 77.9 Å². The van der Waals surface area contributed by atoms with E-state index < -0.39 is 0 Å². The highest BCUT2D eigenvalue weighted by Crippen LogP contribution is 2.35. The first-order chi connectivity index (χ1) is 16.2. The number of benzene rings is 2. The van der Waals surface area contributed by atoms with Crippen LogP contribution in [0.2, 0.25) is 0 Å². The molecule has 0 aliphatic carbocycles. The minimum Gasteiger partial charge on any atom is -0.496 e. The predicted octanol–water partition coefficient (Wildman–Crippen LogP) is 5.39. The van der Waals surface area contributed by atoms with Crippen LogP contribution in [-0.2, 0) is 17.9 Å². The number of hydrogen-bond acceptors (Lipinski definition) is 6. The number of pyridine rings is 1. The van der Waals surface area contributed by atoms with Crippen LogP contribution in [0.15, 0.2) is 65.3 Å². The second-order valence-corrected chi connectivity index (χ2v) is 8.55. The number of aromatic nitrogens is 2. The van der Waals surface area contributed by atoms with Crippen molar-refractivity contribution in [2.24, 2.45) is 0 Å². The fraction of sp³-hybridized carbons (Fsp3) is 0.333. The summed E-state index contributed by atoms with van der Waals surface area (Å²) >= 11 is 0. The SMILES string of the molecule is COc1ccc(-c2nc(CN3CCCC(OCc4cccnc4)C3)c(C)o2)c2ccccc12. The van der Waals surface area contributed by atoms with Gasteiger partial charge in [-0.25, -0.2) is 4.98 Å². The van der Waals surface area contributed by atoms with Gasteiger partial charge in [0.05, 0.1) is 25.5 Å². The molecule has 6 heteroatoms. The number of oxazole rings is 1. The normalized spacial score (nSPS) is 16.8. The molecule has 33 heavy (non-hydrogen) atoms. The third-order valence-electron chi connectivity index (χ3n) is 6.27. The summed E-state index contributed by atoms with van der Waals surface area (Å²) in [6.45, 7) is 5.30. The molecule has 0 radical (unpaired) electrons. The van der Waals surface area contributed by atoms with Crippen molar-refractivity contribution in [2.45, 2.75) is 39.0 Å². The number of methoxy groups -OCH3 is 1. The third-order valence-corrected chi connectivity index (χ3v) is 6.27. The molecule has 0 amide bonds. The van der Waals surface area contributed by atoms with Gasteiger partial charge in [0, 0.05) is 36.4 Å². The van der Waals surface area contributed by atoms with Gasteiger partial charge in [0.2, 0.25) is 5.89 Å². The van der Waals surface area contributed by atoms with Gasteiger partial charge in [0.25, 0.3) is 0 Å². The maximum atomic E-state index is 6.17. The Bertz CT molecular complexity index is 1220. The van der Waals surface area contributed by atoms with Crippen LogP contribution in [0.3, 0.4) is 0 Å². The molecule has 1 saturated heterocycles. The van der Waals surface area contributed by atoms with E-state index in [0.29, 0.717) is 12.5 Å². The van der Waals surface area contributed by atoms with Crippen LogP contribution in [0, 0.1) is 6.92 Å². The summed E-state index contributed by atoms with van der Waals surface area (Å²) in [7, 11) is 1.70. The molecular formula is C27H29N3O3. The highest BCUT2D eigenvalue weighted by Gasteiger charge is 2.23. The van der Waals surface area contributed by atoms with Gasteiger partial charge >= 0.3 is 0 Å². The highest BCUT2D eigenvalue weighted by molar-refractivity contribution is 5.98. The van der Waals surface area contributed by atoms with Crippen molar-refractivity contribution in [3.63, 3.8) is 0 Å². The minimum atomic E-state index is 0.219. The number of aryl methyl sites for hydroxylation is 1. The number of fused-ring (bicyclic) bond motifs is 1. The number of nitrogens with zero attached hydrogens (tertiary/aromatic N) is 3. The summed E-state index contributed by atoms with van der Waals surface area (Å²) in [5, 5.41) is 2.13. The van der Waals surface area contributed by atoms with Gasteiger partial charge in [-0.15, -0.1) is 0 Å². The van der Waals surface area contributed by atoms with Gasteiger partial charge in [-0.05, 0) is 55.5 Å². The van der Waals surface area contributed by atoms with E-state index >= 15 is 0 Å². The summed E-state index contributed by atoms with van der Waals surface area (Å²) in [6.07, 6.45) is 6.07. The van der Waals surface area contributed by atoms with Gasteiger partial charge in [-0.3, -0.25) is 9.88 Å². The van der Waals surface area contributed by atoms with E-state index in [1.165, 1.54) is 0 Å². The topological polar surface area (TPSA) is 60.6 Å². The van der Waals surface area contributed by atoms with Gasteiger partial charge in [0.15, 0.2) is 0 Å². The average Bonchev–Trinajstić information content (AvgIpc) is 3.22. The van der Waals surface area contributed by atoms with Crippen LogP contribution in [0.1, 0.15) is 29.9 Å². The molecule has 0 N–H and O–H groups in total. The molecule has 1 aliphatic heterocycles. The average molecular weight is 444 g/mol. The molecule has 5 rings (SSSR count). The van der Waals surface area contributed by atoms with Crippen LogP contribution >= 0.6 is 0 Å². The predicted molar refractivity (Wildman–Crippen MR) is 128 cm³/mol. The first-order valence-electron chi connectivity index (χ1n) is 11.5. The molecule has 0 saturated carbocycles. The van der Waals surface area contributed by atoms with Crippen LogP contribution in [0.4, 0.5) is 0 Å². The van der Waals surface area contributed by atoms with Crippen LogP contribution < -0.4 is 4.74 Å². The smallest absolute Gasteiger partial charge is 0.227 e. The fourth-order valence-electron chi connectivity index (χ4n) is 4.53. The van der Waals surface area contributed by atoms with Crippen molar-refractivity contribution >= 4 is 10.8 Å². The van der Waals surface area contributed by atoms with Gasteiger partial charge in [-0.2, -0.15) is 0 Å². The Hall–Kier alpha value is -3.22. The lowest BCUT2D eigenvalue weighted by molar-refractivity contribution is -0.0124. The maximum absolute atomic E-state index is 6.17. The lowest BCUT2D eigenvalue weighted by Gasteiger charge is -2.32. The molecule has 170 valence electrons. The van der Waals surface area contributed by atoms with Crippen molar-refractivity contribution in [1.29, 1.82) is 0 Å². The monoisotopic (exact) mass is 443 g/mol. The van der Waals surface area contributed by atoms with E-state index in [1.807, 2.05) is 43.5 Å². The number of likely N-dealkylation sites (tertiary alicyclic amines) is 1. The molecule has 2 aromatic carbocycles. The summed E-state index contributed by atoms with van der Waals surface area (Å²) in [6, 6.07) is 16.2. The Kier molecular flexibility index (Phi) is 6.37. The number of piperidine rings is 1. The zero-order chi connectivity index (χ0) is 22.6.